The molecule has 0 bridgehead atoms. The summed E-state index contributed by atoms with van der Waals surface area (Å²) in [4.78, 5) is 9.66. The number of aromatic nitrogens is 3. The minimum absolute atomic E-state index is 0. The molecule has 18 heavy (non-hydrogen) atoms. The molecule has 0 saturated heterocycles. The molecular weight excluding hydrogens is 291 g/mol. The Bertz CT molecular complexity index is 528. The summed E-state index contributed by atoms with van der Waals surface area (Å²) in [6, 6.07) is 0. The minimum atomic E-state index is 0. The Labute approximate surface area is 123 Å². The fourth-order valence-electron chi connectivity index (χ4n) is 1.48. The number of aryl methyl sites for hydroxylation is 2. The molecular formula is C11H16Cl2N4S. The van der Waals surface area contributed by atoms with Crippen LogP contribution in [0, 0.1) is 20.8 Å². The van der Waals surface area contributed by atoms with Gasteiger partial charge in [0.1, 0.15) is 11.6 Å². The van der Waals surface area contributed by atoms with Gasteiger partial charge in [0.2, 0.25) is 5.51 Å². The smallest absolute Gasteiger partial charge is 0.225 e. The van der Waals surface area contributed by atoms with Crippen LogP contribution in [0.5, 0.6) is 0 Å². The van der Waals surface area contributed by atoms with Crippen molar-refractivity contribution in [1.29, 1.82) is 0 Å². The van der Waals surface area contributed by atoms with Gasteiger partial charge in [0, 0.05) is 13.1 Å². The Balaban J connectivity index is 0.00000144. The Morgan fingerprint density at radius 3 is 2.50 bits per heavy atom. The number of hydrogen-bond acceptors (Lipinski definition) is 4. The second-order valence-corrected chi connectivity index (χ2v) is 4.88. The average Bonchev–Trinajstić information content (AvgIpc) is 2.54. The van der Waals surface area contributed by atoms with Crippen molar-refractivity contribution in [2.24, 2.45) is 0 Å². The normalized spacial score (nSPS) is 9.50. The predicted molar refractivity (Wildman–Crippen MR) is 71.5 cm³/mol. The van der Waals surface area contributed by atoms with Crippen LogP contribution < -0.4 is 22.7 Å². The maximum absolute atomic E-state index is 5.87. The molecule has 2 aromatic heterocycles. The second-order valence-electron chi connectivity index (χ2n) is 3.82. The summed E-state index contributed by atoms with van der Waals surface area (Å²) in [6.45, 7) is 6.80. The maximum atomic E-state index is 5.87. The van der Waals surface area contributed by atoms with Crippen molar-refractivity contribution in [2.75, 3.05) is 5.73 Å². The van der Waals surface area contributed by atoms with Gasteiger partial charge in [0.05, 0.1) is 10.4 Å². The summed E-state index contributed by atoms with van der Waals surface area (Å²) in [5, 5.41) is 0. The summed E-state index contributed by atoms with van der Waals surface area (Å²) in [7, 11) is 0. The van der Waals surface area contributed by atoms with Crippen LogP contribution >= 0.6 is 23.7 Å². The zero-order valence-corrected chi connectivity index (χ0v) is 12.9. The number of hydrogen-bond donors (Lipinski definition) is 1. The lowest BCUT2D eigenvalue weighted by atomic mass is 10.3. The lowest BCUT2D eigenvalue weighted by Crippen LogP contribution is -3.00. The molecule has 0 fully saturated rings. The summed E-state index contributed by atoms with van der Waals surface area (Å²) in [6.07, 6.45) is 1.80. The van der Waals surface area contributed by atoms with Crippen molar-refractivity contribution in [2.45, 2.75) is 27.3 Å². The van der Waals surface area contributed by atoms with E-state index in [1.54, 1.807) is 17.5 Å². The van der Waals surface area contributed by atoms with Gasteiger partial charge in [-0.1, -0.05) is 11.3 Å². The Kier molecular flexibility index (Phi) is 6.52. The fraction of sp³-hybridized carbons (Fsp3) is 0.364. The van der Waals surface area contributed by atoms with Crippen LogP contribution in [-0.2, 0) is 6.54 Å². The van der Waals surface area contributed by atoms with Crippen LogP contribution in [0.1, 0.15) is 22.0 Å². The van der Waals surface area contributed by atoms with Gasteiger partial charge in [-0.15, -0.1) is 12.4 Å². The van der Waals surface area contributed by atoms with E-state index in [4.69, 9.17) is 5.73 Å². The molecule has 2 heterocycles. The highest BCUT2D eigenvalue weighted by Gasteiger charge is 2.14. The molecule has 0 aliphatic heterocycles. The monoisotopic (exact) mass is 306 g/mol. The van der Waals surface area contributed by atoms with Crippen LogP contribution in [0.4, 0.5) is 5.82 Å². The van der Waals surface area contributed by atoms with E-state index in [0.29, 0.717) is 11.6 Å². The molecule has 2 aromatic rings. The Morgan fingerprint density at radius 1 is 1.33 bits per heavy atom. The molecule has 0 atom stereocenters. The SMILES string of the molecule is Cc1ncc(C[n+]2csc(C)c2C)c(N)n1.Cl.[Cl-]. The van der Waals surface area contributed by atoms with Crippen molar-refractivity contribution in [3.63, 3.8) is 0 Å². The second kappa shape index (κ2) is 6.87. The molecule has 0 saturated carbocycles. The van der Waals surface area contributed by atoms with Crippen LogP contribution in [0.3, 0.4) is 0 Å². The van der Waals surface area contributed by atoms with Crippen LogP contribution in [0.25, 0.3) is 0 Å². The molecule has 0 aromatic carbocycles. The first-order chi connectivity index (χ1) is 7.58. The topological polar surface area (TPSA) is 55.7 Å². The summed E-state index contributed by atoms with van der Waals surface area (Å²) < 4.78 is 2.17. The zero-order chi connectivity index (χ0) is 11.7. The first-order valence-corrected chi connectivity index (χ1v) is 5.98. The third kappa shape index (κ3) is 3.54. The van der Waals surface area contributed by atoms with E-state index in [2.05, 4.69) is 33.9 Å². The lowest BCUT2D eigenvalue weighted by Gasteiger charge is -2.01. The summed E-state index contributed by atoms with van der Waals surface area (Å²) in [5.74, 6) is 1.28. The molecule has 0 unspecified atom stereocenters. The number of rotatable bonds is 2. The summed E-state index contributed by atoms with van der Waals surface area (Å²) in [5.41, 5.74) is 10.2. The molecule has 0 aliphatic rings. The van der Waals surface area contributed by atoms with E-state index in [0.717, 1.165) is 12.1 Å². The third-order valence-electron chi connectivity index (χ3n) is 2.66. The first-order valence-electron chi connectivity index (χ1n) is 5.10. The van der Waals surface area contributed by atoms with Crippen molar-refractivity contribution < 1.29 is 17.0 Å². The van der Waals surface area contributed by atoms with E-state index in [9.17, 15) is 0 Å². The highest BCUT2D eigenvalue weighted by Crippen LogP contribution is 2.11. The molecule has 0 amide bonds. The molecule has 100 valence electrons. The highest BCUT2D eigenvalue weighted by atomic mass is 35.5. The minimum Gasteiger partial charge on any atom is -1.00 e. The highest BCUT2D eigenvalue weighted by molar-refractivity contribution is 7.09. The van der Waals surface area contributed by atoms with E-state index in [1.807, 2.05) is 6.92 Å². The number of nitrogens with zero attached hydrogens (tertiary/aromatic N) is 3. The number of nitrogen functional groups attached to an aromatic ring is 1. The molecule has 0 spiro atoms. The molecule has 4 nitrogen and oxygen atoms in total. The molecule has 7 heteroatoms. The third-order valence-corrected chi connectivity index (χ3v) is 3.67. The van der Waals surface area contributed by atoms with Crippen molar-refractivity contribution in [3.05, 3.63) is 33.7 Å². The fourth-order valence-corrected chi connectivity index (χ4v) is 2.29. The maximum Gasteiger partial charge on any atom is 0.225 e. The molecule has 0 aliphatic carbocycles. The number of anilines is 1. The van der Waals surface area contributed by atoms with Crippen molar-refractivity contribution >= 4 is 29.6 Å². The van der Waals surface area contributed by atoms with Gasteiger partial charge in [-0.25, -0.2) is 9.97 Å². The van der Waals surface area contributed by atoms with Gasteiger partial charge in [0.25, 0.3) is 0 Å². The molecule has 0 radical (unpaired) electrons. The quantitative estimate of drug-likeness (QED) is 0.710. The van der Waals surface area contributed by atoms with Gasteiger partial charge in [-0.05, 0) is 13.8 Å². The predicted octanol–water partition coefficient (Wildman–Crippen LogP) is -1.19. The lowest BCUT2D eigenvalue weighted by molar-refractivity contribution is -0.689. The van der Waals surface area contributed by atoms with E-state index in [1.165, 1.54) is 10.6 Å². The van der Waals surface area contributed by atoms with Gasteiger partial charge >= 0.3 is 0 Å². The van der Waals surface area contributed by atoms with Gasteiger partial charge in [-0.3, -0.25) is 0 Å². The largest absolute Gasteiger partial charge is 1.00 e. The Hall–Kier alpha value is -0.910. The Morgan fingerprint density at radius 2 is 2.00 bits per heavy atom. The van der Waals surface area contributed by atoms with E-state index < -0.39 is 0 Å². The van der Waals surface area contributed by atoms with E-state index in [-0.39, 0.29) is 24.8 Å². The zero-order valence-electron chi connectivity index (χ0n) is 10.5. The first kappa shape index (κ1) is 17.1. The average molecular weight is 307 g/mol. The standard InChI is InChI=1S/C11H15N4S.2ClH/c1-7-8(2)16-6-15(7)5-10-4-13-9(3)14-11(10)12;;/h4,6H,5H2,1-3H3,(H2,12,13,14);2*1H/q+1;;/p-1. The van der Waals surface area contributed by atoms with Crippen LogP contribution in [0.15, 0.2) is 11.7 Å². The number of nitrogens with two attached hydrogens (primary N) is 1. The summed E-state index contributed by atoms with van der Waals surface area (Å²) >= 11 is 1.74. The van der Waals surface area contributed by atoms with Gasteiger partial charge in [-0.2, -0.15) is 4.57 Å². The van der Waals surface area contributed by atoms with E-state index >= 15 is 0 Å². The number of thiazole rings is 1. The number of halogens is 2. The van der Waals surface area contributed by atoms with Gasteiger partial charge < -0.3 is 18.1 Å². The van der Waals surface area contributed by atoms with Crippen molar-refractivity contribution in [3.8, 4) is 0 Å². The van der Waals surface area contributed by atoms with Gasteiger partial charge in [0.15, 0.2) is 12.2 Å². The molecule has 2 N–H and O–H groups in total. The van der Waals surface area contributed by atoms with Crippen LogP contribution in [-0.4, -0.2) is 9.97 Å². The van der Waals surface area contributed by atoms with Crippen molar-refractivity contribution in [1.82, 2.24) is 9.97 Å². The molecule has 2 rings (SSSR count). The van der Waals surface area contributed by atoms with Crippen LogP contribution in [0.2, 0.25) is 0 Å².